The van der Waals surface area contributed by atoms with Gasteiger partial charge in [-0.25, -0.2) is 0 Å². The molecule has 0 radical (unpaired) electrons. The van der Waals surface area contributed by atoms with Gasteiger partial charge in [0.15, 0.2) is 5.78 Å². The molecule has 0 atom stereocenters. The van der Waals surface area contributed by atoms with Crippen LogP contribution in [-0.4, -0.2) is 10.9 Å². The number of ketones is 1. The first-order chi connectivity index (χ1) is 6.15. The second-order valence-corrected chi connectivity index (χ2v) is 2.83. The van der Waals surface area contributed by atoms with Crippen LogP contribution in [0, 0.1) is 11.3 Å². The molecular weight excluding hydrogens is 190 g/mol. The van der Waals surface area contributed by atoms with Crippen molar-refractivity contribution in [3.8, 4) is 11.8 Å². The van der Waals surface area contributed by atoms with Gasteiger partial charge in [0.2, 0.25) is 0 Å². The third-order valence-corrected chi connectivity index (χ3v) is 1.81. The average molecular weight is 196 g/mol. The second-order valence-electron chi connectivity index (χ2n) is 2.42. The summed E-state index contributed by atoms with van der Waals surface area (Å²) in [6.45, 7) is 0. The van der Waals surface area contributed by atoms with Crippen molar-refractivity contribution in [3.63, 3.8) is 0 Å². The number of rotatable bonds is 2. The molecule has 0 spiro atoms. The number of hydrogen-bond donors (Lipinski definition) is 1. The van der Waals surface area contributed by atoms with E-state index in [1.54, 1.807) is 6.07 Å². The Hall–Kier alpha value is -1.53. The largest absolute Gasteiger partial charge is 0.506 e. The second kappa shape index (κ2) is 3.92. The van der Waals surface area contributed by atoms with Crippen LogP contribution in [0.4, 0.5) is 0 Å². The van der Waals surface area contributed by atoms with Crippen molar-refractivity contribution >= 4 is 17.4 Å². The van der Waals surface area contributed by atoms with Crippen molar-refractivity contribution in [2.75, 3.05) is 0 Å². The highest BCUT2D eigenvalue weighted by Crippen LogP contribution is 2.23. The molecule has 0 fully saturated rings. The highest BCUT2D eigenvalue weighted by molar-refractivity contribution is 6.32. The summed E-state index contributed by atoms with van der Waals surface area (Å²) in [4.78, 5) is 11.1. The number of hydrogen-bond acceptors (Lipinski definition) is 3. The lowest BCUT2D eigenvalue weighted by Crippen LogP contribution is -1.96. The van der Waals surface area contributed by atoms with Gasteiger partial charge in [0.25, 0.3) is 0 Å². The summed E-state index contributed by atoms with van der Waals surface area (Å²) >= 11 is 5.57. The van der Waals surface area contributed by atoms with Gasteiger partial charge in [-0.15, -0.1) is 0 Å². The van der Waals surface area contributed by atoms with Crippen LogP contribution >= 0.6 is 11.6 Å². The fourth-order valence-corrected chi connectivity index (χ4v) is 1.03. The molecule has 4 heteroatoms. The fourth-order valence-electron chi connectivity index (χ4n) is 0.854. The van der Waals surface area contributed by atoms with E-state index in [1.807, 2.05) is 0 Å². The molecule has 0 aliphatic heterocycles. The fraction of sp³-hybridized carbons (Fsp3) is 0.111. The summed E-state index contributed by atoms with van der Waals surface area (Å²) < 4.78 is 0. The molecule has 0 amide bonds. The number of halogens is 1. The maximum atomic E-state index is 11.1. The quantitative estimate of drug-likeness (QED) is 0.736. The Morgan fingerprint density at radius 3 is 2.85 bits per heavy atom. The van der Waals surface area contributed by atoms with Crippen LogP contribution in [0.2, 0.25) is 5.02 Å². The molecule has 3 nitrogen and oxygen atoms in total. The van der Waals surface area contributed by atoms with E-state index in [1.165, 1.54) is 18.2 Å². The average Bonchev–Trinajstić information content (AvgIpc) is 2.10. The standard InChI is InChI=1S/C9H6ClNO2/c10-7-5-6(1-2-9(7)13)8(12)3-4-11/h1-2,5,13H,3H2. The van der Waals surface area contributed by atoms with Gasteiger partial charge in [0.1, 0.15) is 5.75 Å². The van der Waals surface area contributed by atoms with E-state index < -0.39 is 0 Å². The zero-order chi connectivity index (χ0) is 9.84. The zero-order valence-corrected chi connectivity index (χ0v) is 7.38. The first-order valence-electron chi connectivity index (χ1n) is 3.54. The Bertz CT molecular complexity index is 382. The van der Waals surface area contributed by atoms with E-state index in [-0.39, 0.29) is 23.0 Å². The Labute approximate surface area is 80.2 Å². The molecule has 0 saturated carbocycles. The Morgan fingerprint density at radius 2 is 2.31 bits per heavy atom. The first kappa shape index (κ1) is 9.56. The van der Waals surface area contributed by atoms with Crippen molar-refractivity contribution in [1.82, 2.24) is 0 Å². The number of carbonyl (C=O) groups is 1. The van der Waals surface area contributed by atoms with Crippen molar-refractivity contribution < 1.29 is 9.90 Å². The normalized spacial score (nSPS) is 9.23. The molecular formula is C9H6ClNO2. The molecule has 0 heterocycles. The molecule has 0 aromatic heterocycles. The number of carbonyl (C=O) groups excluding carboxylic acids is 1. The molecule has 66 valence electrons. The lowest BCUT2D eigenvalue weighted by molar-refractivity contribution is 0.0997. The topological polar surface area (TPSA) is 61.1 Å². The van der Waals surface area contributed by atoms with Crippen molar-refractivity contribution in [1.29, 1.82) is 5.26 Å². The monoisotopic (exact) mass is 195 g/mol. The summed E-state index contributed by atoms with van der Waals surface area (Å²) in [6.07, 6.45) is -0.179. The number of benzene rings is 1. The van der Waals surface area contributed by atoms with E-state index >= 15 is 0 Å². The lowest BCUT2D eigenvalue weighted by Gasteiger charge is -1.99. The molecule has 0 unspecified atom stereocenters. The summed E-state index contributed by atoms with van der Waals surface area (Å²) in [5, 5.41) is 17.4. The van der Waals surface area contributed by atoms with E-state index in [9.17, 15) is 4.79 Å². The first-order valence-corrected chi connectivity index (χ1v) is 3.91. The third kappa shape index (κ3) is 2.20. The Balaban J connectivity index is 2.98. The van der Waals surface area contributed by atoms with Crippen LogP contribution < -0.4 is 0 Å². The molecule has 1 rings (SSSR count). The van der Waals surface area contributed by atoms with Crippen LogP contribution in [0.3, 0.4) is 0 Å². The summed E-state index contributed by atoms with van der Waals surface area (Å²) in [6, 6.07) is 5.85. The van der Waals surface area contributed by atoms with Gasteiger partial charge in [-0.3, -0.25) is 4.79 Å². The van der Waals surface area contributed by atoms with Gasteiger partial charge in [0, 0.05) is 5.56 Å². The highest BCUT2D eigenvalue weighted by Gasteiger charge is 2.07. The number of Topliss-reactive ketones (excluding diaryl/α,β-unsaturated/α-hetero) is 1. The van der Waals surface area contributed by atoms with Gasteiger partial charge in [-0.05, 0) is 18.2 Å². The molecule has 0 saturated heterocycles. The zero-order valence-electron chi connectivity index (χ0n) is 6.62. The molecule has 1 aromatic rings. The highest BCUT2D eigenvalue weighted by atomic mass is 35.5. The SMILES string of the molecule is N#CCC(=O)c1ccc(O)c(Cl)c1. The van der Waals surface area contributed by atoms with Crippen LogP contribution in [0.1, 0.15) is 16.8 Å². The van der Waals surface area contributed by atoms with Crippen molar-refractivity contribution in [2.45, 2.75) is 6.42 Å². The molecule has 0 aliphatic rings. The van der Waals surface area contributed by atoms with Crippen molar-refractivity contribution in [3.05, 3.63) is 28.8 Å². The number of phenols is 1. The molecule has 0 aliphatic carbocycles. The molecule has 13 heavy (non-hydrogen) atoms. The lowest BCUT2D eigenvalue weighted by atomic mass is 10.1. The number of nitrogens with zero attached hydrogens (tertiary/aromatic N) is 1. The van der Waals surface area contributed by atoms with Gasteiger partial charge < -0.3 is 5.11 Å². The Morgan fingerprint density at radius 1 is 1.62 bits per heavy atom. The van der Waals surface area contributed by atoms with Gasteiger partial charge in [-0.1, -0.05) is 11.6 Å². The minimum absolute atomic E-state index is 0.0739. The minimum atomic E-state index is -0.301. The molecule has 1 N–H and O–H groups in total. The van der Waals surface area contributed by atoms with E-state index in [0.717, 1.165) is 0 Å². The van der Waals surface area contributed by atoms with Crippen LogP contribution in [-0.2, 0) is 0 Å². The van der Waals surface area contributed by atoms with Crippen LogP contribution in [0.5, 0.6) is 5.75 Å². The third-order valence-electron chi connectivity index (χ3n) is 1.51. The van der Waals surface area contributed by atoms with Gasteiger partial charge in [-0.2, -0.15) is 5.26 Å². The molecule has 0 bridgehead atoms. The maximum absolute atomic E-state index is 11.1. The molecule has 1 aromatic carbocycles. The maximum Gasteiger partial charge on any atom is 0.176 e. The number of nitriles is 1. The summed E-state index contributed by atoms with van der Waals surface area (Å²) in [7, 11) is 0. The minimum Gasteiger partial charge on any atom is -0.506 e. The smallest absolute Gasteiger partial charge is 0.176 e. The van der Waals surface area contributed by atoms with Gasteiger partial charge >= 0.3 is 0 Å². The van der Waals surface area contributed by atoms with Crippen molar-refractivity contribution in [2.24, 2.45) is 0 Å². The number of phenolic OH excluding ortho intramolecular Hbond substituents is 1. The van der Waals surface area contributed by atoms with E-state index in [2.05, 4.69) is 0 Å². The van der Waals surface area contributed by atoms with Gasteiger partial charge in [0.05, 0.1) is 17.5 Å². The number of aromatic hydroxyl groups is 1. The van der Waals surface area contributed by atoms with Crippen LogP contribution in [0.25, 0.3) is 0 Å². The predicted molar refractivity (Wildman–Crippen MR) is 47.7 cm³/mol. The van der Waals surface area contributed by atoms with E-state index in [0.29, 0.717) is 5.56 Å². The van der Waals surface area contributed by atoms with E-state index in [4.69, 9.17) is 22.0 Å². The van der Waals surface area contributed by atoms with Crippen LogP contribution in [0.15, 0.2) is 18.2 Å². The summed E-state index contributed by atoms with van der Waals surface area (Å²) in [5.74, 6) is -0.375. The summed E-state index contributed by atoms with van der Waals surface area (Å²) in [5.41, 5.74) is 0.337. The Kier molecular flexibility index (Phi) is 2.88. The predicted octanol–water partition coefficient (Wildman–Crippen LogP) is 2.14.